The molecule has 1 aliphatic rings. The summed E-state index contributed by atoms with van der Waals surface area (Å²) in [6.45, 7) is 6.89. The molecule has 0 aromatic heterocycles. The van der Waals surface area contributed by atoms with Crippen molar-refractivity contribution in [1.82, 2.24) is 5.32 Å². The molecule has 1 heterocycles. The quantitative estimate of drug-likeness (QED) is 0.595. The first-order valence-corrected chi connectivity index (χ1v) is 6.28. The summed E-state index contributed by atoms with van der Waals surface area (Å²) in [5.74, 6) is 0.508. The van der Waals surface area contributed by atoms with Crippen LogP contribution in [0.2, 0.25) is 0 Å². The Bertz CT molecular complexity index is 195. The van der Waals surface area contributed by atoms with Gasteiger partial charge in [-0.05, 0) is 33.1 Å². The largest absolute Gasteiger partial charge is 0.396 e. The Hall–Kier alpha value is -0.160. The number of rotatable bonds is 7. The zero-order valence-electron chi connectivity index (χ0n) is 10.5. The lowest BCUT2D eigenvalue weighted by atomic mass is 9.84. The molecule has 4 N–H and O–H groups in total. The fourth-order valence-corrected chi connectivity index (χ4v) is 2.41. The molecule has 96 valence electrons. The van der Waals surface area contributed by atoms with Crippen LogP contribution in [0.1, 0.15) is 33.1 Å². The van der Waals surface area contributed by atoms with Crippen LogP contribution in [0, 0.1) is 5.92 Å². The van der Waals surface area contributed by atoms with Crippen molar-refractivity contribution in [2.75, 3.05) is 26.4 Å². The van der Waals surface area contributed by atoms with Gasteiger partial charge in [-0.25, -0.2) is 0 Å². The van der Waals surface area contributed by atoms with Crippen LogP contribution < -0.4 is 11.1 Å². The highest BCUT2D eigenvalue weighted by atomic mass is 16.5. The molecule has 0 bridgehead atoms. The Balaban J connectivity index is 2.44. The summed E-state index contributed by atoms with van der Waals surface area (Å²) in [7, 11) is 0. The van der Waals surface area contributed by atoms with Crippen molar-refractivity contribution in [3.63, 3.8) is 0 Å². The fraction of sp³-hybridized carbons (Fsp3) is 1.00. The highest BCUT2D eigenvalue weighted by Gasteiger charge is 2.36. The Labute approximate surface area is 98.5 Å². The second-order valence-electron chi connectivity index (χ2n) is 5.09. The van der Waals surface area contributed by atoms with E-state index in [9.17, 15) is 0 Å². The fourth-order valence-electron chi connectivity index (χ4n) is 2.41. The van der Waals surface area contributed by atoms with Crippen LogP contribution in [0.3, 0.4) is 0 Å². The number of hydrogen-bond acceptors (Lipinski definition) is 4. The molecule has 0 amide bonds. The van der Waals surface area contributed by atoms with Gasteiger partial charge in [-0.2, -0.15) is 0 Å². The number of aliphatic hydroxyl groups excluding tert-OH is 1. The molecule has 1 aliphatic heterocycles. The Kier molecular flexibility index (Phi) is 5.69. The van der Waals surface area contributed by atoms with Crippen molar-refractivity contribution in [1.29, 1.82) is 0 Å². The molecule has 0 aromatic carbocycles. The van der Waals surface area contributed by atoms with Gasteiger partial charge in [0.2, 0.25) is 0 Å². The van der Waals surface area contributed by atoms with Crippen LogP contribution in [0.5, 0.6) is 0 Å². The zero-order chi connectivity index (χ0) is 12.0. The first kappa shape index (κ1) is 13.9. The lowest BCUT2D eigenvalue weighted by Crippen LogP contribution is -2.57. The summed E-state index contributed by atoms with van der Waals surface area (Å²) in [4.78, 5) is 0. The SMILES string of the molecule is CC(CCCO)NC(C)(CN)C1CCOC1. The van der Waals surface area contributed by atoms with E-state index in [0.29, 0.717) is 18.5 Å². The van der Waals surface area contributed by atoms with Gasteiger partial charge in [0.1, 0.15) is 0 Å². The molecule has 3 atom stereocenters. The standard InChI is InChI=1S/C12H26N2O2/c1-10(4-3-6-15)14-12(2,9-13)11-5-7-16-8-11/h10-11,14-15H,3-9,13H2,1-2H3. The molecular formula is C12H26N2O2. The van der Waals surface area contributed by atoms with E-state index in [0.717, 1.165) is 32.5 Å². The lowest BCUT2D eigenvalue weighted by molar-refractivity contribution is 0.147. The summed E-state index contributed by atoms with van der Waals surface area (Å²) in [5, 5.41) is 12.4. The molecule has 3 unspecified atom stereocenters. The highest BCUT2D eigenvalue weighted by Crippen LogP contribution is 2.25. The van der Waals surface area contributed by atoms with Gasteiger partial charge in [0.25, 0.3) is 0 Å². The van der Waals surface area contributed by atoms with E-state index in [1.165, 1.54) is 0 Å². The summed E-state index contributed by atoms with van der Waals surface area (Å²) in [5.41, 5.74) is 5.86. The van der Waals surface area contributed by atoms with E-state index >= 15 is 0 Å². The van der Waals surface area contributed by atoms with Crippen LogP contribution in [-0.4, -0.2) is 43.1 Å². The number of hydrogen-bond donors (Lipinski definition) is 3. The topological polar surface area (TPSA) is 67.5 Å². The zero-order valence-corrected chi connectivity index (χ0v) is 10.5. The summed E-state index contributed by atoms with van der Waals surface area (Å²) in [6.07, 6.45) is 2.92. The van der Waals surface area contributed by atoms with Gasteiger partial charge in [0.15, 0.2) is 0 Å². The Morgan fingerprint density at radius 1 is 1.62 bits per heavy atom. The predicted octanol–water partition coefficient (Wildman–Crippen LogP) is 0.491. The van der Waals surface area contributed by atoms with Crippen LogP contribution in [0.4, 0.5) is 0 Å². The monoisotopic (exact) mass is 230 g/mol. The third-order valence-corrected chi connectivity index (χ3v) is 3.63. The Morgan fingerprint density at radius 2 is 2.38 bits per heavy atom. The van der Waals surface area contributed by atoms with Crippen molar-refractivity contribution in [2.24, 2.45) is 11.7 Å². The summed E-state index contributed by atoms with van der Waals surface area (Å²) < 4.78 is 5.43. The number of aliphatic hydroxyl groups is 1. The average molecular weight is 230 g/mol. The first-order chi connectivity index (χ1) is 7.62. The molecule has 1 fully saturated rings. The molecule has 0 saturated carbocycles. The van der Waals surface area contributed by atoms with E-state index in [1.54, 1.807) is 0 Å². The minimum atomic E-state index is -0.0363. The molecule has 1 rings (SSSR count). The molecule has 0 spiro atoms. The van der Waals surface area contributed by atoms with Gasteiger partial charge < -0.3 is 20.9 Å². The molecule has 0 aliphatic carbocycles. The molecule has 0 radical (unpaired) electrons. The maximum Gasteiger partial charge on any atom is 0.0513 e. The van der Waals surface area contributed by atoms with Crippen LogP contribution >= 0.6 is 0 Å². The van der Waals surface area contributed by atoms with Crippen LogP contribution in [-0.2, 0) is 4.74 Å². The van der Waals surface area contributed by atoms with Crippen molar-refractivity contribution in [3.8, 4) is 0 Å². The average Bonchev–Trinajstić information content (AvgIpc) is 2.80. The van der Waals surface area contributed by atoms with Gasteiger partial charge in [-0.1, -0.05) is 0 Å². The van der Waals surface area contributed by atoms with Gasteiger partial charge in [0.05, 0.1) is 6.61 Å². The van der Waals surface area contributed by atoms with Gasteiger partial charge in [0, 0.05) is 37.3 Å². The van der Waals surface area contributed by atoms with E-state index in [2.05, 4.69) is 19.2 Å². The van der Waals surface area contributed by atoms with Crippen molar-refractivity contribution in [2.45, 2.75) is 44.7 Å². The third kappa shape index (κ3) is 3.70. The van der Waals surface area contributed by atoms with Gasteiger partial charge in [-0.15, -0.1) is 0 Å². The first-order valence-electron chi connectivity index (χ1n) is 6.28. The van der Waals surface area contributed by atoms with Crippen molar-refractivity contribution < 1.29 is 9.84 Å². The minimum Gasteiger partial charge on any atom is -0.396 e. The number of ether oxygens (including phenoxy) is 1. The maximum atomic E-state index is 8.81. The number of nitrogens with one attached hydrogen (secondary N) is 1. The van der Waals surface area contributed by atoms with Gasteiger partial charge in [-0.3, -0.25) is 0 Å². The summed E-state index contributed by atoms with van der Waals surface area (Å²) in [6, 6.07) is 0.390. The predicted molar refractivity (Wildman–Crippen MR) is 65.3 cm³/mol. The van der Waals surface area contributed by atoms with E-state index in [4.69, 9.17) is 15.6 Å². The smallest absolute Gasteiger partial charge is 0.0513 e. The van der Waals surface area contributed by atoms with E-state index in [1.807, 2.05) is 0 Å². The van der Waals surface area contributed by atoms with Gasteiger partial charge >= 0.3 is 0 Å². The minimum absolute atomic E-state index is 0.0363. The third-order valence-electron chi connectivity index (χ3n) is 3.63. The molecule has 1 saturated heterocycles. The molecule has 4 nitrogen and oxygen atoms in total. The van der Waals surface area contributed by atoms with Crippen LogP contribution in [0.15, 0.2) is 0 Å². The number of nitrogens with two attached hydrogens (primary N) is 1. The van der Waals surface area contributed by atoms with E-state index < -0.39 is 0 Å². The molecular weight excluding hydrogens is 204 g/mol. The maximum absolute atomic E-state index is 8.81. The normalized spacial score (nSPS) is 26.6. The molecule has 16 heavy (non-hydrogen) atoms. The summed E-state index contributed by atoms with van der Waals surface area (Å²) >= 11 is 0. The molecule has 0 aromatic rings. The van der Waals surface area contributed by atoms with E-state index in [-0.39, 0.29) is 12.1 Å². The highest BCUT2D eigenvalue weighted by molar-refractivity contribution is 4.94. The van der Waals surface area contributed by atoms with Crippen LogP contribution in [0.25, 0.3) is 0 Å². The second-order valence-corrected chi connectivity index (χ2v) is 5.09. The lowest BCUT2D eigenvalue weighted by Gasteiger charge is -2.37. The molecule has 4 heteroatoms. The van der Waals surface area contributed by atoms with Crippen molar-refractivity contribution >= 4 is 0 Å². The Morgan fingerprint density at radius 3 is 2.88 bits per heavy atom. The second kappa shape index (κ2) is 6.55. The van der Waals surface area contributed by atoms with Crippen molar-refractivity contribution in [3.05, 3.63) is 0 Å².